The maximum atomic E-state index is 10.7. The fourth-order valence-electron chi connectivity index (χ4n) is 0. The van der Waals surface area contributed by atoms with Gasteiger partial charge in [-0.2, -0.15) is 12.0 Å². The Labute approximate surface area is 268 Å². The van der Waals surface area contributed by atoms with Gasteiger partial charge in [-0.05, 0) is 0 Å². The Morgan fingerprint density at radius 2 is 0.688 bits per heavy atom. The first-order valence-corrected chi connectivity index (χ1v) is 2.79. The van der Waals surface area contributed by atoms with E-state index in [4.69, 9.17) is 0 Å². The van der Waals surface area contributed by atoms with E-state index >= 15 is 0 Å². The summed E-state index contributed by atoms with van der Waals surface area (Å²) in [6, 6.07) is 0. The molecule has 0 bridgehead atoms. The van der Waals surface area contributed by atoms with Gasteiger partial charge in [0.25, 0.3) is 0 Å². The van der Waals surface area contributed by atoms with Crippen LogP contribution in [-0.4, -0.2) is 14.0 Å². The van der Waals surface area contributed by atoms with Crippen molar-refractivity contribution in [2.24, 2.45) is 0 Å². The summed E-state index contributed by atoms with van der Waals surface area (Å²) in [6.45, 7) is -4.38. The van der Waals surface area contributed by atoms with E-state index in [0.29, 0.717) is 0 Å². The zero-order valence-corrected chi connectivity index (χ0v) is 22.5. The second-order valence-corrected chi connectivity index (χ2v) is 1.72. The van der Waals surface area contributed by atoms with Crippen molar-refractivity contribution in [1.29, 1.82) is 0 Å². The maximum absolute atomic E-state index is 10.7. The molecular weight excluding hydrogens is 340 g/mol. The first-order chi connectivity index (χ1) is 5.12. The van der Waals surface area contributed by atoms with E-state index < -0.39 is 14.0 Å². The molecule has 0 rings (SSSR count). The van der Waals surface area contributed by atoms with Crippen molar-refractivity contribution in [2.45, 2.75) is 0 Å². The van der Waals surface area contributed by atoms with Crippen LogP contribution in [0.15, 0.2) is 25.1 Å². The van der Waals surface area contributed by atoms with Crippen LogP contribution < -0.4 is 206 Å². The molecule has 0 aromatic rings. The van der Waals surface area contributed by atoms with Crippen LogP contribution in [0.2, 0.25) is 0 Å². The number of rotatable bonds is 2. The molecule has 12 heteroatoms. The molecule has 0 aromatic heterocycles. The summed E-state index contributed by atoms with van der Waals surface area (Å²) < 4.78 is 64.4. The SMILES string of the molecule is C=C[B-](F)(F)F.C=C[B-](F)(F)F.[H-].[H-].[H-].[H-].[K+].[K+].[K+].[K+]. The van der Waals surface area contributed by atoms with Crippen molar-refractivity contribution in [3.63, 3.8) is 0 Å². The monoisotopic (exact) mass is 350 g/mol. The second-order valence-electron chi connectivity index (χ2n) is 1.72. The Hall–Kier alpha value is 5.74. The summed E-state index contributed by atoms with van der Waals surface area (Å²) in [4.78, 5) is 0. The van der Waals surface area contributed by atoms with Gasteiger partial charge in [-0.15, -0.1) is 13.2 Å². The van der Waals surface area contributed by atoms with Gasteiger partial charge in [-0.1, -0.05) is 0 Å². The zero-order chi connectivity index (χ0) is 10.4. The van der Waals surface area contributed by atoms with E-state index in [1.807, 2.05) is 0 Å². The van der Waals surface area contributed by atoms with Gasteiger partial charge in [0.15, 0.2) is 0 Å². The van der Waals surface area contributed by atoms with Gasteiger partial charge in [-0.3, -0.25) is 0 Å². The van der Waals surface area contributed by atoms with Crippen molar-refractivity contribution < 1.29 is 237 Å². The average molecular weight is 350 g/mol. The van der Waals surface area contributed by atoms with Crippen LogP contribution in [0, 0.1) is 0 Å². The van der Waals surface area contributed by atoms with E-state index in [2.05, 4.69) is 13.2 Å². The Morgan fingerprint density at radius 3 is 0.688 bits per heavy atom. The standard InChI is InChI=1S/2C2H3BF3.4K.4H/c2*1-2-3(4,5)6;;;;;;;;/h2*2H,1H2;;;;;;;;/q2*-1;4*+1;4*-1. The zero-order valence-electron chi connectivity index (χ0n) is 14.0. The molecule has 0 saturated heterocycles. The molecule has 0 nitrogen and oxygen atoms in total. The number of hydrogen-bond donors (Lipinski definition) is 0. The van der Waals surface area contributed by atoms with E-state index in [1.54, 1.807) is 0 Å². The summed E-state index contributed by atoms with van der Waals surface area (Å²) in [6.07, 6.45) is 0. The van der Waals surface area contributed by atoms with Gasteiger partial charge >= 0.3 is 219 Å². The molecule has 0 unspecified atom stereocenters. The number of hydrogen-bond acceptors (Lipinski definition) is 0. The molecule has 0 atom stereocenters. The van der Waals surface area contributed by atoms with Gasteiger partial charge < -0.3 is 31.6 Å². The predicted octanol–water partition coefficient (Wildman–Crippen LogP) is -8.42. The quantitative estimate of drug-likeness (QED) is 0.343. The molecule has 0 heterocycles. The fraction of sp³-hybridized carbons (Fsp3) is 0. The molecular formula is C4H10B2F6K4-2. The Bertz CT molecular complexity index is 154. The summed E-state index contributed by atoms with van der Waals surface area (Å²) in [5.41, 5.74) is 0. The van der Waals surface area contributed by atoms with Crippen LogP contribution in [-0.2, 0) is 0 Å². The molecule has 80 valence electrons. The Morgan fingerprint density at radius 1 is 0.625 bits per heavy atom. The molecule has 0 radical (unpaired) electrons. The van der Waals surface area contributed by atoms with E-state index in [1.165, 1.54) is 0 Å². The largest absolute Gasteiger partial charge is 1.00 e. The second kappa shape index (κ2) is 20.7. The van der Waals surface area contributed by atoms with Gasteiger partial charge in [0, 0.05) is 0 Å². The smallest absolute Gasteiger partial charge is 1.00 e. The summed E-state index contributed by atoms with van der Waals surface area (Å²) in [5, 5.41) is 0. The topological polar surface area (TPSA) is 0 Å². The van der Waals surface area contributed by atoms with Crippen molar-refractivity contribution in [2.75, 3.05) is 0 Å². The van der Waals surface area contributed by atoms with Crippen molar-refractivity contribution >= 4 is 14.0 Å². The molecule has 0 spiro atoms. The summed E-state index contributed by atoms with van der Waals surface area (Å²) in [5.74, 6) is 0. The van der Waals surface area contributed by atoms with Gasteiger partial charge in [0.1, 0.15) is 0 Å². The molecule has 0 aromatic carbocycles. The van der Waals surface area contributed by atoms with Crippen LogP contribution in [0.5, 0.6) is 0 Å². The summed E-state index contributed by atoms with van der Waals surface area (Å²) in [7, 11) is 0. The Kier molecular flexibility index (Phi) is 48.9. The van der Waals surface area contributed by atoms with Crippen molar-refractivity contribution in [3.8, 4) is 0 Å². The molecule has 0 fully saturated rings. The minimum absolute atomic E-state index is 0. The Balaban J connectivity index is -0.00000000893. The van der Waals surface area contributed by atoms with Crippen LogP contribution in [0.1, 0.15) is 5.71 Å². The van der Waals surface area contributed by atoms with Gasteiger partial charge in [0.05, 0.1) is 0 Å². The fourth-order valence-corrected chi connectivity index (χ4v) is 0. The molecule has 16 heavy (non-hydrogen) atoms. The molecule has 0 aliphatic rings. The minimum Gasteiger partial charge on any atom is -1.00 e. The third kappa shape index (κ3) is 50.3. The predicted molar refractivity (Wildman–Crippen MR) is 43.0 cm³/mol. The van der Waals surface area contributed by atoms with E-state index in [0.717, 1.165) is 0 Å². The van der Waals surface area contributed by atoms with Crippen molar-refractivity contribution in [1.82, 2.24) is 0 Å². The van der Waals surface area contributed by atoms with Crippen LogP contribution in [0.25, 0.3) is 0 Å². The molecule has 0 N–H and O–H groups in total. The van der Waals surface area contributed by atoms with Crippen LogP contribution in [0.4, 0.5) is 25.9 Å². The maximum Gasteiger partial charge on any atom is 1.00 e. The number of halogens is 6. The molecule has 0 aliphatic carbocycles. The third-order valence-electron chi connectivity index (χ3n) is 0.535. The average Bonchev–Trinajstić information content (AvgIpc) is 1.86. The van der Waals surface area contributed by atoms with Gasteiger partial charge in [0.2, 0.25) is 0 Å². The van der Waals surface area contributed by atoms with E-state index in [-0.39, 0.29) is 223 Å². The molecule has 0 amide bonds. The molecule has 0 aliphatic heterocycles. The van der Waals surface area contributed by atoms with E-state index in [9.17, 15) is 25.9 Å². The van der Waals surface area contributed by atoms with Gasteiger partial charge in [-0.25, -0.2) is 0 Å². The normalized spacial score (nSPS) is 8.38. The summed E-state index contributed by atoms with van der Waals surface area (Å²) >= 11 is 0. The van der Waals surface area contributed by atoms with Crippen LogP contribution >= 0.6 is 0 Å². The third-order valence-corrected chi connectivity index (χ3v) is 0.535. The molecule has 0 saturated carbocycles. The van der Waals surface area contributed by atoms with Crippen molar-refractivity contribution in [3.05, 3.63) is 25.1 Å². The first-order valence-electron chi connectivity index (χ1n) is 2.79. The first kappa shape index (κ1) is 37.7. The minimum atomic E-state index is -4.72. The van der Waals surface area contributed by atoms with Crippen LogP contribution in [0.3, 0.4) is 0 Å².